The first-order chi connectivity index (χ1) is 50.2. The highest BCUT2D eigenvalue weighted by Gasteiger charge is 2.29. The first-order valence-corrected chi connectivity index (χ1v) is 44.2. The third-order valence-corrected chi connectivity index (χ3v) is 19.4. The van der Waals surface area contributed by atoms with E-state index in [0.29, 0.717) is 19.3 Å². The van der Waals surface area contributed by atoms with Crippen molar-refractivity contribution in [2.45, 2.75) is 373 Å². The van der Waals surface area contributed by atoms with Crippen molar-refractivity contribution in [1.82, 2.24) is 0 Å². The minimum absolute atomic E-state index is 0.103. The number of hydrogen-bond acceptors (Lipinski definition) is 14. The number of aliphatic hydroxyl groups is 2. The molecule has 0 amide bonds. The fourth-order valence-electron chi connectivity index (χ4n) is 11.2. The fraction of sp³-hybridized carbons (Fsp3) is 0.753. The Hall–Kier alpha value is -3.79. The van der Waals surface area contributed by atoms with Crippen molar-refractivity contribution in [2.75, 3.05) is 39.6 Å². The molecule has 0 saturated carbocycles. The Kier molecular flexibility index (Phi) is 74.9. The molecule has 596 valence electrons. The quantitative estimate of drug-likeness (QED) is 0.0146. The molecule has 0 aromatic heterocycles. The van der Waals surface area contributed by atoms with Gasteiger partial charge in [-0.2, -0.15) is 0 Å². The number of rotatable bonds is 78. The van der Waals surface area contributed by atoms with Gasteiger partial charge in [0, 0.05) is 19.3 Å². The molecule has 103 heavy (non-hydrogen) atoms. The molecule has 0 fully saturated rings. The molecule has 18 heteroatoms. The molecular formula is C85H150O16P2. The van der Waals surface area contributed by atoms with Crippen LogP contribution >= 0.6 is 15.6 Å². The predicted octanol–water partition coefficient (Wildman–Crippen LogP) is 24.3. The molecule has 0 rings (SSSR count). The Balaban J connectivity index is 4.41. The number of esters is 3. The van der Waals surface area contributed by atoms with Crippen molar-refractivity contribution in [3.63, 3.8) is 0 Å². The van der Waals surface area contributed by atoms with Gasteiger partial charge in [0.05, 0.1) is 26.4 Å². The van der Waals surface area contributed by atoms with Gasteiger partial charge < -0.3 is 34.2 Å². The molecule has 0 aliphatic carbocycles. The lowest BCUT2D eigenvalue weighted by Crippen LogP contribution is -2.30. The molecule has 0 spiro atoms. The Morgan fingerprint density at radius 3 is 0.835 bits per heavy atom. The summed E-state index contributed by atoms with van der Waals surface area (Å²) in [6.45, 7) is 2.56. The molecule has 0 aromatic rings. The highest BCUT2D eigenvalue weighted by Crippen LogP contribution is 2.45. The molecule has 0 aliphatic heterocycles. The van der Waals surface area contributed by atoms with E-state index in [2.05, 4.69) is 130 Å². The van der Waals surface area contributed by atoms with Gasteiger partial charge in [0.2, 0.25) is 0 Å². The van der Waals surface area contributed by atoms with Crippen LogP contribution in [0, 0.1) is 0 Å². The van der Waals surface area contributed by atoms with Crippen molar-refractivity contribution < 1.29 is 75.8 Å². The van der Waals surface area contributed by atoms with Gasteiger partial charge in [0.1, 0.15) is 25.4 Å². The van der Waals surface area contributed by atoms with E-state index in [1.54, 1.807) is 0 Å². The fourth-order valence-corrected chi connectivity index (χ4v) is 12.8. The SMILES string of the molecule is CC/C=C\C/C=C\C/C=C\C/C=C\C/C=C\CCCCCCCCCCCCCCCCCCCC(=O)OCC(O)COP(=O)(O)OCC(O)COP(=O)(O)OCC(COC(=O)CCCCCCC/C=C\C/C=C\C/C=C\C/C=C\CCCCC)OC(=O)CCCCCCCCCCCCCCC. The third-order valence-electron chi connectivity index (χ3n) is 17.5. The maximum absolute atomic E-state index is 12.9. The number of carbonyl (C=O) groups excluding carboxylic acids is 3. The second kappa shape index (κ2) is 77.8. The Morgan fingerprint density at radius 1 is 0.282 bits per heavy atom. The average Bonchev–Trinajstić information content (AvgIpc) is 0.937. The van der Waals surface area contributed by atoms with Crippen molar-refractivity contribution in [2.24, 2.45) is 0 Å². The highest BCUT2D eigenvalue weighted by molar-refractivity contribution is 7.47. The van der Waals surface area contributed by atoms with Gasteiger partial charge in [-0.15, -0.1) is 0 Å². The molecule has 0 bridgehead atoms. The van der Waals surface area contributed by atoms with Crippen LogP contribution in [0.5, 0.6) is 0 Å². The van der Waals surface area contributed by atoms with Crippen LogP contribution in [0.1, 0.15) is 355 Å². The van der Waals surface area contributed by atoms with E-state index >= 15 is 0 Å². The molecule has 5 unspecified atom stereocenters. The Bertz CT molecular complexity index is 2310. The minimum Gasteiger partial charge on any atom is -0.463 e. The first kappa shape index (κ1) is 99.2. The summed E-state index contributed by atoms with van der Waals surface area (Å²) < 4.78 is 61.2. The van der Waals surface area contributed by atoms with E-state index in [0.717, 1.165) is 128 Å². The lowest BCUT2D eigenvalue weighted by molar-refractivity contribution is -0.161. The Labute approximate surface area is 628 Å². The van der Waals surface area contributed by atoms with Gasteiger partial charge in [-0.05, 0) is 109 Å². The van der Waals surface area contributed by atoms with Gasteiger partial charge in [-0.3, -0.25) is 32.5 Å². The van der Waals surface area contributed by atoms with Crippen molar-refractivity contribution in [3.05, 3.63) is 109 Å². The van der Waals surface area contributed by atoms with Crippen LogP contribution in [-0.2, 0) is 55.8 Å². The number of allylic oxidation sites excluding steroid dienone is 18. The van der Waals surface area contributed by atoms with E-state index in [9.17, 15) is 43.5 Å². The summed E-state index contributed by atoms with van der Waals surface area (Å²) in [6.07, 6.45) is 91.5. The maximum atomic E-state index is 12.9. The smallest absolute Gasteiger partial charge is 0.463 e. The van der Waals surface area contributed by atoms with Gasteiger partial charge in [0.15, 0.2) is 6.10 Å². The van der Waals surface area contributed by atoms with Gasteiger partial charge in [0.25, 0.3) is 0 Å². The van der Waals surface area contributed by atoms with Crippen molar-refractivity contribution >= 4 is 33.6 Å². The van der Waals surface area contributed by atoms with E-state index < -0.39 is 91.5 Å². The summed E-state index contributed by atoms with van der Waals surface area (Å²) in [4.78, 5) is 58.6. The zero-order valence-electron chi connectivity index (χ0n) is 65.2. The van der Waals surface area contributed by atoms with Crippen LogP contribution in [0.4, 0.5) is 0 Å². The van der Waals surface area contributed by atoms with Crippen LogP contribution in [-0.4, -0.2) is 95.9 Å². The molecule has 4 N–H and O–H groups in total. The molecule has 0 radical (unpaired) electrons. The summed E-state index contributed by atoms with van der Waals surface area (Å²) in [5, 5.41) is 20.6. The topological polar surface area (TPSA) is 231 Å². The van der Waals surface area contributed by atoms with Gasteiger partial charge in [-0.25, -0.2) is 9.13 Å². The Morgan fingerprint density at radius 2 is 0.515 bits per heavy atom. The zero-order chi connectivity index (χ0) is 75.2. The summed E-state index contributed by atoms with van der Waals surface area (Å²) in [5.74, 6) is -1.58. The van der Waals surface area contributed by atoms with Crippen molar-refractivity contribution in [1.29, 1.82) is 0 Å². The van der Waals surface area contributed by atoms with E-state index in [4.69, 9.17) is 32.3 Å². The third kappa shape index (κ3) is 79.1. The molecule has 5 atom stereocenters. The van der Waals surface area contributed by atoms with Crippen LogP contribution in [0.15, 0.2) is 109 Å². The van der Waals surface area contributed by atoms with Gasteiger partial charge in [-0.1, -0.05) is 336 Å². The second-order valence-electron chi connectivity index (χ2n) is 27.6. The van der Waals surface area contributed by atoms with Crippen LogP contribution in [0.25, 0.3) is 0 Å². The molecule has 0 aliphatic rings. The highest BCUT2D eigenvalue weighted by atomic mass is 31.2. The first-order valence-electron chi connectivity index (χ1n) is 41.2. The number of carbonyl (C=O) groups is 3. The largest absolute Gasteiger partial charge is 0.472 e. The lowest BCUT2D eigenvalue weighted by Gasteiger charge is -2.21. The van der Waals surface area contributed by atoms with Crippen LogP contribution in [0.2, 0.25) is 0 Å². The van der Waals surface area contributed by atoms with Crippen LogP contribution in [0.3, 0.4) is 0 Å². The van der Waals surface area contributed by atoms with Crippen LogP contribution < -0.4 is 0 Å². The van der Waals surface area contributed by atoms with E-state index in [1.807, 2.05) is 0 Å². The second-order valence-corrected chi connectivity index (χ2v) is 30.5. The molecule has 16 nitrogen and oxygen atoms in total. The molecule has 0 saturated heterocycles. The normalized spacial score (nSPS) is 14.5. The number of ether oxygens (including phenoxy) is 3. The summed E-state index contributed by atoms with van der Waals surface area (Å²) >= 11 is 0. The summed E-state index contributed by atoms with van der Waals surface area (Å²) in [5.41, 5.74) is 0. The van der Waals surface area contributed by atoms with E-state index in [-0.39, 0.29) is 19.3 Å². The lowest BCUT2D eigenvalue weighted by atomic mass is 10.0. The predicted molar refractivity (Wildman–Crippen MR) is 427 cm³/mol. The molecule has 0 heterocycles. The molecular weight excluding hydrogens is 1340 g/mol. The standard InChI is InChI=1S/C85H150O16P2/c1-4-7-10-13-16-19-22-25-27-29-31-33-34-35-36-37-38-39-40-41-42-43-44-46-48-49-51-54-56-59-62-65-68-71-83(88)95-74-80(86)75-97-102(91,92)98-76-81(87)77-99-103(93,94)100-79-82(101-85(90)73-70-67-64-61-58-53-24-21-18-15-12-9-6-3)78-96-84(89)72-69-66-63-60-57-55-52-50-47-45-32-30-28-26-23-20-17-14-11-8-5-2/h7,10,16-17,19-20,25-28,31-33,35-36,45,50,52,80-82,86-87H,4-6,8-9,11-15,18,21-24,29-30,34,37-44,46-49,51,53-79H2,1-3H3,(H,91,92)(H,93,94)/b10-7-,19-16-,20-17-,27-25-,28-26-,33-31-,36-35-,45-32-,52-50-. The van der Waals surface area contributed by atoms with E-state index in [1.165, 1.54) is 167 Å². The monoisotopic (exact) mass is 1490 g/mol. The molecule has 0 aromatic carbocycles. The summed E-state index contributed by atoms with van der Waals surface area (Å²) in [7, 11) is -9.79. The summed E-state index contributed by atoms with van der Waals surface area (Å²) in [6, 6.07) is 0. The zero-order valence-corrected chi connectivity index (χ0v) is 67.0. The number of hydrogen-bond donors (Lipinski definition) is 4. The van der Waals surface area contributed by atoms with Crippen molar-refractivity contribution in [3.8, 4) is 0 Å². The van der Waals surface area contributed by atoms with Gasteiger partial charge >= 0.3 is 33.6 Å². The number of phosphoric ester groups is 2. The average molecular weight is 1490 g/mol. The number of aliphatic hydroxyl groups excluding tert-OH is 2. The minimum atomic E-state index is -4.93. The maximum Gasteiger partial charge on any atom is 0.472 e. The number of phosphoric acid groups is 2. The number of unbranched alkanes of at least 4 members (excludes halogenated alkanes) is 37.